The van der Waals surface area contributed by atoms with Crippen molar-refractivity contribution in [2.45, 2.75) is 122 Å². The van der Waals surface area contributed by atoms with Gasteiger partial charge in [0.2, 0.25) is 29.5 Å². The van der Waals surface area contributed by atoms with Gasteiger partial charge in [-0.15, -0.1) is 0 Å². The molecule has 2 aliphatic heterocycles. The molecule has 7 N–H and O–H groups in total. The normalized spacial score (nSPS) is 29.7. The van der Waals surface area contributed by atoms with E-state index in [1.807, 2.05) is 13.8 Å². The van der Waals surface area contributed by atoms with E-state index in [1.165, 1.54) is 6.92 Å². The van der Waals surface area contributed by atoms with Gasteiger partial charge in [-0.1, -0.05) is 13.8 Å². The highest BCUT2D eigenvalue weighted by Crippen LogP contribution is 2.24. The largest absolute Gasteiger partial charge is 0.481 e. The second-order valence-corrected chi connectivity index (χ2v) is 12.5. The predicted molar refractivity (Wildman–Crippen MR) is 148 cm³/mol. The van der Waals surface area contributed by atoms with Crippen LogP contribution in [0, 0.1) is 5.92 Å². The minimum atomic E-state index is -1.59. The Labute approximate surface area is 240 Å². The van der Waals surface area contributed by atoms with Gasteiger partial charge in [0.15, 0.2) is 0 Å². The first-order valence-corrected chi connectivity index (χ1v) is 14.1. The zero-order valence-electron chi connectivity index (χ0n) is 24.9. The summed E-state index contributed by atoms with van der Waals surface area (Å²) >= 11 is 0. The fraction of sp³-hybridized carbons (Fsp3) is 0.778. The van der Waals surface area contributed by atoms with Gasteiger partial charge in [-0.25, -0.2) is 0 Å². The van der Waals surface area contributed by atoms with E-state index in [-0.39, 0.29) is 12.3 Å². The Morgan fingerprint density at radius 2 is 1.54 bits per heavy atom. The molecule has 41 heavy (non-hydrogen) atoms. The van der Waals surface area contributed by atoms with E-state index in [0.29, 0.717) is 19.4 Å². The summed E-state index contributed by atoms with van der Waals surface area (Å²) in [6, 6.07) is -6.86. The molecule has 0 aromatic heterocycles. The summed E-state index contributed by atoms with van der Waals surface area (Å²) in [6.45, 7) is 12.3. The smallest absolute Gasteiger partial charge is 0.305 e. The number of carbonyl (C=O) groups is 6. The van der Waals surface area contributed by atoms with Crippen LogP contribution in [0.4, 0.5) is 0 Å². The van der Waals surface area contributed by atoms with Crippen LogP contribution in [-0.2, 0) is 28.8 Å². The van der Waals surface area contributed by atoms with Crippen LogP contribution in [0.3, 0.4) is 0 Å². The molecule has 232 valence electrons. The zero-order valence-corrected chi connectivity index (χ0v) is 24.9. The van der Waals surface area contributed by atoms with Gasteiger partial charge < -0.3 is 36.8 Å². The van der Waals surface area contributed by atoms with Crippen molar-refractivity contribution in [3.8, 4) is 0 Å². The van der Waals surface area contributed by atoms with Crippen LogP contribution >= 0.6 is 0 Å². The fourth-order valence-electron chi connectivity index (χ4n) is 5.19. The lowest BCUT2D eigenvalue weighted by atomic mass is 10.0. The Bertz CT molecular complexity index is 1010. The van der Waals surface area contributed by atoms with Crippen molar-refractivity contribution in [3.05, 3.63) is 0 Å². The Morgan fingerprint density at radius 3 is 2.07 bits per heavy atom. The molecule has 0 saturated carbocycles. The predicted octanol–water partition coefficient (Wildman–Crippen LogP) is -1.39. The molecule has 0 bridgehead atoms. The number of aliphatic hydroxyl groups is 1. The summed E-state index contributed by atoms with van der Waals surface area (Å²) in [4.78, 5) is 80.1. The first-order chi connectivity index (χ1) is 18.9. The van der Waals surface area contributed by atoms with E-state index in [1.54, 1.807) is 32.6 Å². The lowest BCUT2D eigenvalue weighted by Gasteiger charge is -2.38. The maximum absolute atomic E-state index is 13.6. The molecule has 14 heteroatoms. The molecule has 0 aromatic carbocycles. The molecular formula is C27H46N6O8. The van der Waals surface area contributed by atoms with Gasteiger partial charge in [-0.2, -0.15) is 0 Å². The highest BCUT2D eigenvalue weighted by Gasteiger charge is 2.44. The Morgan fingerprint density at radius 1 is 0.951 bits per heavy atom. The molecule has 2 fully saturated rings. The third-order valence-electron chi connectivity index (χ3n) is 6.98. The van der Waals surface area contributed by atoms with Crippen molar-refractivity contribution in [2.24, 2.45) is 5.92 Å². The first kappa shape index (κ1) is 33.9. The fourth-order valence-corrected chi connectivity index (χ4v) is 5.19. The van der Waals surface area contributed by atoms with E-state index in [4.69, 9.17) is 0 Å². The van der Waals surface area contributed by atoms with Crippen LogP contribution in [0.5, 0.6) is 0 Å². The molecule has 0 aliphatic carbocycles. The number of rotatable bonds is 6. The molecule has 14 nitrogen and oxygen atoms in total. The van der Waals surface area contributed by atoms with Gasteiger partial charge in [0, 0.05) is 5.54 Å². The summed E-state index contributed by atoms with van der Waals surface area (Å²) in [5.41, 5.74) is -0.620. The standard InChI is InChI=1S/C27H46N6O8/c1-13(2)11-16-22(37)29-17(12-19(35)36)23(38)31-20(15(4)34)25(40)28-14(3)21(26(41)32-27(5,6)7)33-10-8-9-18(33)24(39)30-16/h13-18,20-21,34H,8-12H2,1-7H3,(H,28,40)(H,29,37)(H,30,39)(H,31,38)(H,32,41)(H,35,36)/t14-,15+,16-,17-,18-,20-,21-/m0/s1. The maximum atomic E-state index is 13.6. The number of nitrogens with one attached hydrogen (secondary N) is 5. The molecule has 2 aliphatic rings. The Balaban J connectivity index is 2.61. The van der Waals surface area contributed by atoms with Gasteiger partial charge in [0.05, 0.1) is 24.6 Å². The second kappa shape index (κ2) is 14.1. The molecular weight excluding hydrogens is 536 g/mol. The van der Waals surface area contributed by atoms with Crippen LogP contribution in [0.25, 0.3) is 0 Å². The van der Waals surface area contributed by atoms with Crippen LogP contribution in [0.15, 0.2) is 0 Å². The summed E-state index contributed by atoms with van der Waals surface area (Å²) < 4.78 is 0. The number of carboxylic acid groups (broad SMARTS) is 1. The highest BCUT2D eigenvalue weighted by atomic mass is 16.4. The molecule has 0 radical (unpaired) electrons. The average Bonchev–Trinajstić information content (AvgIpc) is 3.28. The third-order valence-corrected chi connectivity index (χ3v) is 6.98. The van der Waals surface area contributed by atoms with Crippen LogP contribution in [0.1, 0.15) is 74.1 Å². The third kappa shape index (κ3) is 9.66. The van der Waals surface area contributed by atoms with Crippen LogP contribution in [-0.4, -0.2) is 105 Å². The molecule has 2 saturated heterocycles. The Hall–Kier alpha value is -3.26. The van der Waals surface area contributed by atoms with E-state index in [2.05, 4.69) is 26.6 Å². The number of aliphatic hydroxyl groups excluding tert-OH is 1. The number of carboxylic acids is 1. The van der Waals surface area contributed by atoms with E-state index < -0.39 is 89.8 Å². The SMILES string of the molecule is CC(C)C[C@@H]1NC(=O)[C@@H]2CCCN2[C@H](C(=O)NC(C)(C)C)[C@H](C)NC(=O)[C@H]([C@@H](C)O)NC(=O)[C@H](CC(=O)O)NC1=O. The van der Waals surface area contributed by atoms with Crippen molar-refractivity contribution in [3.63, 3.8) is 0 Å². The molecule has 0 unspecified atom stereocenters. The number of nitrogens with zero attached hydrogens (tertiary/aromatic N) is 1. The second-order valence-electron chi connectivity index (χ2n) is 12.5. The first-order valence-electron chi connectivity index (χ1n) is 14.1. The van der Waals surface area contributed by atoms with Crippen molar-refractivity contribution in [1.82, 2.24) is 31.5 Å². The van der Waals surface area contributed by atoms with Crippen molar-refractivity contribution in [2.75, 3.05) is 6.54 Å². The summed E-state index contributed by atoms with van der Waals surface area (Å²) in [6.07, 6.45) is -1.00. The summed E-state index contributed by atoms with van der Waals surface area (Å²) in [5, 5.41) is 32.8. The van der Waals surface area contributed by atoms with Gasteiger partial charge >= 0.3 is 5.97 Å². The van der Waals surface area contributed by atoms with Crippen molar-refractivity contribution in [1.29, 1.82) is 0 Å². The number of aliphatic carboxylic acids is 1. The lowest BCUT2D eigenvalue weighted by Crippen LogP contribution is -2.64. The van der Waals surface area contributed by atoms with E-state index in [9.17, 15) is 39.0 Å². The van der Waals surface area contributed by atoms with Gasteiger partial charge in [-0.3, -0.25) is 33.7 Å². The van der Waals surface area contributed by atoms with Crippen molar-refractivity contribution < 1.29 is 39.0 Å². The Kier molecular flexibility index (Phi) is 11.7. The number of fused-ring (bicyclic) bond motifs is 1. The van der Waals surface area contributed by atoms with Gasteiger partial charge in [0.25, 0.3) is 0 Å². The monoisotopic (exact) mass is 582 g/mol. The quantitative estimate of drug-likeness (QED) is 0.196. The highest BCUT2D eigenvalue weighted by molar-refractivity contribution is 5.97. The number of hydrogen-bond donors (Lipinski definition) is 7. The number of hydrogen-bond acceptors (Lipinski definition) is 8. The average molecular weight is 583 g/mol. The van der Waals surface area contributed by atoms with E-state index >= 15 is 0 Å². The molecule has 5 amide bonds. The lowest BCUT2D eigenvalue weighted by molar-refractivity contribution is -0.142. The topological polar surface area (TPSA) is 206 Å². The molecule has 0 spiro atoms. The minimum Gasteiger partial charge on any atom is -0.481 e. The minimum absolute atomic E-state index is 0.0497. The van der Waals surface area contributed by atoms with Crippen LogP contribution < -0.4 is 26.6 Å². The molecule has 2 rings (SSSR count). The van der Waals surface area contributed by atoms with Gasteiger partial charge in [0.1, 0.15) is 24.2 Å². The van der Waals surface area contributed by atoms with Crippen molar-refractivity contribution >= 4 is 35.5 Å². The number of carbonyl (C=O) groups excluding carboxylic acids is 5. The van der Waals surface area contributed by atoms with Gasteiger partial charge in [-0.05, 0) is 66.3 Å². The molecule has 7 atom stereocenters. The summed E-state index contributed by atoms with van der Waals surface area (Å²) in [7, 11) is 0. The maximum Gasteiger partial charge on any atom is 0.305 e. The molecule has 0 aromatic rings. The van der Waals surface area contributed by atoms with Crippen LogP contribution in [0.2, 0.25) is 0 Å². The molecule has 2 heterocycles. The van der Waals surface area contributed by atoms with E-state index in [0.717, 1.165) is 0 Å². The summed E-state index contributed by atoms with van der Waals surface area (Å²) in [5.74, 6) is -4.93. The zero-order chi connectivity index (χ0) is 31.2. The number of amides is 5.